The van der Waals surface area contributed by atoms with E-state index in [-0.39, 0.29) is 43.4 Å². The molecule has 41 heavy (non-hydrogen) atoms. The first kappa shape index (κ1) is 29.1. The number of hydrogen-bond donors (Lipinski definition) is 2. The van der Waals surface area contributed by atoms with Crippen molar-refractivity contribution in [2.24, 2.45) is 5.92 Å². The van der Waals surface area contributed by atoms with Gasteiger partial charge in [-0.25, -0.2) is 18.6 Å². The molecular formula is C26H28ClF5N6O3. The molecule has 1 aliphatic carbocycles. The minimum Gasteiger partial charge on any atom is -0.438 e. The van der Waals surface area contributed by atoms with Gasteiger partial charge in [-0.15, -0.1) is 11.6 Å². The lowest BCUT2D eigenvalue weighted by molar-refractivity contribution is -0.150. The molecule has 15 heteroatoms. The lowest BCUT2D eigenvalue weighted by atomic mass is 9.82. The van der Waals surface area contributed by atoms with E-state index < -0.39 is 48.7 Å². The van der Waals surface area contributed by atoms with Crippen LogP contribution in [0.3, 0.4) is 0 Å². The van der Waals surface area contributed by atoms with E-state index in [0.717, 1.165) is 4.90 Å². The Morgan fingerprint density at radius 3 is 2.63 bits per heavy atom. The van der Waals surface area contributed by atoms with Crippen molar-refractivity contribution in [1.82, 2.24) is 30.3 Å². The standard InChI is InChI=1S/C26H28ClF5N6O3/c1-2-38-17(7-10-33-38)22(39)36-21(14-5-8-25(28,29)9-6-14)23-34-16-11-15(3-4-19(16)41-23)18(12-27)37-13-20(26(30,31)32)35-24(37)40/h3-4,7,10-11,14,18,20-21H,2,5-6,8-9,12-13H2,1H3,(H,35,40)(H,36,39)/t18-,20-,21-/m0/s1. The van der Waals surface area contributed by atoms with Gasteiger partial charge in [-0.2, -0.15) is 18.3 Å². The molecule has 2 aliphatic rings. The van der Waals surface area contributed by atoms with E-state index in [1.165, 1.54) is 10.9 Å². The average molecular weight is 603 g/mol. The molecule has 2 fully saturated rings. The van der Waals surface area contributed by atoms with E-state index in [0.29, 0.717) is 28.9 Å². The number of halogens is 6. The smallest absolute Gasteiger partial charge is 0.410 e. The number of hydrogen-bond acceptors (Lipinski definition) is 5. The largest absolute Gasteiger partial charge is 0.438 e. The third-order valence-corrected chi connectivity index (χ3v) is 8.00. The maximum atomic E-state index is 14.0. The zero-order valence-corrected chi connectivity index (χ0v) is 22.7. The molecule has 1 saturated carbocycles. The van der Waals surface area contributed by atoms with Crippen LogP contribution in [0, 0.1) is 5.92 Å². The molecule has 3 heterocycles. The van der Waals surface area contributed by atoms with E-state index >= 15 is 0 Å². The number of alkyl halides is 6. The van der Waals surface area contributed by atoms with Crippen molar-refractivity contribution in [2.75, 3.05) is 12.4 Å². The van der Waals surface area contributed by atoms with Crippen molar-refractivity contribution < 1.29 is 36.0 Å². The lowest BCUT2D eigenvalue weighted by Gasteiger charge is -2.32. The highest BCUT2D eigenvalue weighted by atomic mass is 35.5. The van der Waals surface area contributed by atoms with Gasteiger partial charge in [0.05, 0.1) is 12.6 Å². The van der Waals surface area contributed by atoms with Crippen LogP contribution in [0.1, 0.15) is 66.6 Å². The number of oxazole rings is 1. The summed E-state index contributed by atoms with van der Waals surface area (Å²) in [6, 6.07) is 1.64. The fourth-order valence-corrected chi connectivity index (χ4v) is 5.78. The van der Waals surface area contributed by atoms with Gasteiger partial charge in [0.2, 0.25) is 11.8 Å². The quantitative estimate of drug-likeness (QED) is 0.259. The molecule has 5 rings (SSSR count). The molecule has 222 valence electrons. The van der Waals surface area contributed by atoms with E-state index in [1.54, 1.807) is 24.3 Å². The number of carbonyl (C=O) groups is 2. The lowest BCUT2D eigenvalue weighted by Crippen LogP contribution is -2.40. The number of nitrogens with one attached hydrogen (secondary N) is 2. The molecule has 2 aromatic heterocycles. The first-order chi connectivity index (χ1) is 19.4. The van der Waals surface area contributed by atoms with Crippen molar-refractivity contribution in [3.8, 4) is 0 Å². The van der Waals surface area contributed by atoms with Crippen molar-refractivity contribution in [1.29, 1.82) is 0 Å². The normalized spacial score (nSPS) is 21.2. The Bertz CT molecular complexity index is 1420. The predicted molar refractivity (Wildman–Crippen MR) is 138 cm³/mol. The van der Waals surface area contributed by atoms with E-state index in [9.17, 15) is 31.5 Å². The summed E-state index contributed by atoms with van der Waals surface area (Å²) in [5.41, 5.74) is 1.37. The summed E-state index contributed by atoms with van der Waals surface area (Å²) in [5.74, 6) is -3.69. The van der Waals surface area contributed by atoms with Gasteiger partial charge in [0.25, 0.3) is 5.91 Å². The van der Waals surface area contributed by atoms with Gasteiger partial charge < -0.3 is 20.0 Å². The highest BCUT2D eigenvalue weighted by Gasteiger charge is 2.48. The zero-order chi connectivity index (χ0) is 29.5. The van der Waals surface area contributed by atoms with Crippen LogP contribution in [0.4, 0.5) is 26.7 Å². The molecule has 1 aromatic carbocycles. The molecule has 2 N–H and O–H groups in total. The van der Waals surface area contributed by atoms with E-state index in [4.69, 9.17) is 16.0 Å². The topological polar surface area (TPSA) is 105 Å². The highest BCUT2D eigenvalue weighted by Crippen LogP contribution is 2.42. The second-order valence-corrected chi connectivity index (χ2v) is 10.6. The van der Waals surface area contributed by atoms with Crippen LogP contribution < -0.4 is 10.6 Å². The molecule has 9 nitrogen and oxygen atoms in total. The van der Waals surface area contributed by atoms with Gasteiger partial charge in [0.1, 0.15) is 23.3 Å². The van der Waals surface area contributed by atoms with Crippen molar-refractivity contribution in [2.45, 2.75) is 69.4 Å². The van der Waals surface area contributed by atoms with Crippen LogP contribution >= 0.6 is 11.6 Å². The summed E-state index contributed by atoms with van der Waals surface area (Å²) in [5, 5.41) is 8.94. The van der Waals surface area contributed by atoms with Crippen molar-refractivity contribution in [3.05, 3.63) is 47.6 Å². The second kappa shape index (κ2) is 11.1. The van der Waals surface area contributed by atoms with Crippen LogP contribution in [0.15, 0.2) is 34.9 Å². The molecule has 3 aromatic rings. The molecule has 3 amide bonds. The van der Waals surface area contributed by atoms with Crippen LogP contribution in [0.2, 0.25) is 0 Å². The summed E-state index contributed by atoms with van der Waals surface area (Å²) in [4.78, 5) is 31.1. The number of carbonyl (C=O) groups excluding carboxylic acids is 2. The molecule has 1 saturated heterocycles. The van der Waals surface area contributed by atoms with Gasteiger partial charge in [0.15, 0.2) is 5.58 Å². The van der Waals surface area contributed by atoms with Gasteiger partial charge in [-0.1, -0.05) is 6.07 Å². The fourth-order valence-electron chi connectivity index (χ4n) is 5.44. The molecule has 3 atom stereocenters. The minimum absolute atomic E-state index is 0.113. The van der Waals surface area contributed by atoms with Gasteiger partial charge in [0, 0.05) is 31.5 Å². The predicted octanol–water partition coefficient (Wildman–Crippen LogP) is 5.58. The Kier molecular flexibility index (Phi) is 7.88. The summed E-state index contributed by atoms with van der Waals surface area (Å²) in [6.45, 7) is 1.67. The van der Waals surface area contributed by atoms with Gasteiger partial charge >= 0.3 is 12.2 Å². The summed E-state index contributed by atoms with van der Waals surface area (Å²) >= 11 is 6.11. The molecule has 0 bridgehead atoms. The van der Waals surface area contributed by atoms with Crippen molar-refractivity contribution >= 4 is 34.6 Å². The monoisotopic (exact) mass is 602 g/mol. The Balaban J connectivity index is 1.44. The Hall–Kier alpha value is -3.42. The molecular weight excluding hydrogens is 575 g/mol. The third kappa shape index (κ3) is 5.97. The Morgan fingerprint density at radius 1 is 1.27 bits per heavy atom. The number of aryl methyl sites for hydroxylation is 1. The first-order valence-corrected chi connectivity index (χ1v) is 13.7. The number of fused-ring (bicyclic) bond motifs is 1. The van der Waals surface area contributed by atoms with E-state index in [2.05, 4.69) is 15.4 Å². The number of rotatable bonds is 8. The SMILES string of the molecule is CCn1nccc1C(=O)N[C@H](c1nc2cc([C@H](CCl)N3C[C@@H](C(F)(F)F)NC3=O)ccc2o1)C1CCC(F)(F)CC1. The molecule has 0 unspecified atom stereocenters. The molecule has 0 spiro atoms. The van der Waals surface area contributed by atoms with Gasteiger partial charge in [-0.05, 0) is 49.4 Å². The summed E-state index contributed by atoms with van der Waals surface area (Å²) < 4.78 is 75.0. The maximum Gasteiger partial charge on any atom is 0.410 e. The Labute approximate surface area is 236 Å². The number of nitrogens with zero attached hydrogens (tertiary/aromatic N) is 4. The Morgan fingerprint density at radius 2 is 2.00 bits per heavy atom. The van der Waals surface area contributed by atoms with Crippen LogP contribution in [-0.4, -0.2) is 62.2 Å². The minimum atomic E-state index is -4.61. The summed E-state index contributed by atoms with van der Waals surface area (Å²) in [7, 11) is 0. The highest BCUT2D eigenvalue weighted by molar-refractivity contribution is 6.18. The number of amides is 3. The first-order valence-electron chi connectivity index (χ1n) is 13.2. The number of benzene rings is 1. The van der Waals surface area contributed by atoms with Crippen LogP contribution in [0.25, 0.3) is 11.1 Å². The maximum absolute atomic E-state index is 14.0. The molecule has 0 radical (unpaired) electrons. The van der Waals surface area contributed by atoms with Crippen LogP contribution in [-0.2, 0) is 6.54 Å². The average Bonchev–Trinajstić information content (AvgIpc) is 3.66. The van der Waals surface area contributed by atoms with Gasteiger partial charge in [-0.3, -0.25) is 9.48 Å². The number of urea groups is 1. The van der Waals surface area contributed by atoms with E-state index in [1.807, 2.05) is 12.2 Å². The summed E-state index contributed by atoms with van der Waals surface area (Å²) in [6.07, 6.45) is -3.53. The third-order valence-electron chi connectivity index (χ3n) is 7.70. The molecule has 1 aliphatic heterocycles. The zero-order valence-electron chi connectivity index (χ0n) is 21.9. The van der Waals surface area contributed by atoms with Crippen LogP contribution in [0.5, 0.6) is 0 Å². The number of aromatic nitrogens is 3. The fraction of sp³-hybridized carbons (Fsp3) is 0.538. The van der Waals surface area contributed by atoms with Crippen molar-refractivity contribution in [3.63, 3.8) is 0 Å². The second-order valence-electron chi connectivity index (χ2n) is 10.3.